The van der Waals surface area contributed by atoms with Crippen LogP contribution in [0.2, 0.25) is 0 Å². The molecule has 8 heteroatoms. The molecular weight excluding hydrogens is 344 g/mol. The van der Waals surface area contributed by atoms with E-state index in [-0.39, 0.29) is 17.4 Å². The number of esters is 2. The minimum Gasteiger partial charge on any atom is -0.506 e. The maximum atomic E-state index is 12.1. The molecule has 0 aromatic heterocycles. The minimum atomic E-state index is -0.907. The Labute approximate surface area is 149 Å². The summed E-state index contributed by atoms with van der Waals surface area (Å²) in [5.74, 6) is -0.962. The molecule has 0 fully saturated rings. The van der Waals surface area contributed by atoms with E-state index >= 15 is 0 Å². The van der Waals surface area contributed by atoms with Crippen LogP contribution in [-0.2, 0) is 25.5 Å². The second kappa shape index (κ2) is 5.66. The summed E-state index contributed by atoms with van der Waals surface area (Å²) in [6.45, 7) is 5.49. The van der Waals surface area contributed by atoms with Crippen molar-refractivity contribution in [1.29, 1.82) is 0 Å². The van der Waals surface area contributed by atoms with Crippen LogP contribution in [0.15, 0.2) is 16.0 Å². The Balaban J connectivity index is 2.15. The number of hydrogen-bond donors (Lipinski definition) is 2. The number of aliphatic imine (C=N–C) groups is 1. The average molecular weight is 364 g/mol. The number of hydrogen-bond acceptors (Lipinski definition) is 8. The van der Waals surface area contributed by atoms with Crippen molar-refractivity contribution < 1.29 is 24.2 Å². The number of thioether (sulfide) groups is 1. The molecule has 7 nitrogen and oxygen atoms in total. The number of nitrogens with one attached hydrogen (secondary N) is 1. The highest BCUT2D eigenvalue weighted by atomic mass is 32.2. The largest absolute Gasteiger partial charge is 0.506 e. The zero-order valence-electron chi connectivity index (χ0n) is 14.7. The number of carbonyl (C=O) groups is 2. The highest BCUT2D eigenvalue weighted by molar-refractivity contribution is 8.01. The summed E-state index contributed by atoms with van der Waals surface area (Å²) >= 11 is 1.42. The number of nitrogens with zero attached hydrogens (tertiary/aromatic N) is 1. The molecule has 1 aromatic rings. The first-order chi connectivity index (χ1) is 11.6. The van der Waals surface area contributed by atoms with Gasteiger partial charge in [-0.1, -0.05) is 0 Å². The van der Waals surface area contributed by atoms with Gasteiger partial charge < -0.3 is 19.9 Å². The molecule has 1 atom stereocenters. The minimum absolute atomic E-state index is 0.0558. The predicted octanol–water partition coefficient (Wildman–Crippen LogP) is 2.42. The highest BCUT2D eigenvalue weighted by Crippen LogP contribution is 2.54. The van der Waals surface area contributed by atoms with E-state index < -0.39 is 16.3 Å². The second-order valence-electron chi connectivity index (χ2n) is 6.79. The van der Waals surface area contributed by atoms with Gasteiger partial charge in [0.05, 0.1) is 19.0 Å². The monoisotopic (exact) mass is 364 g/mol. The smallest absolute Gasteiger partial charge is 0.353 e. The topological polar surface area (TPSA) is 97.2 Å². The lowest BCUT2D eigenvalue weighted by Crippen LogP contribution is -2.42. The summed E-state index contributed by atoms with van der Waals surface area (Å²) in [5, 5.41) is 13.5. The average Bonchev–Trinajstić information content (AvgIpc) is 2.90. The van der Waals surface area contributed by atoms with Crippen LogP contribution in [0.25, 0.3) is 0 Å². The molecule has 1 unspecified atom stereocenters. The molecule has 2 heterocycles. The Morgan fingerprint density at radius 3 is 2.56 bits per heavy atom. The van der Waals surface area contributed by atoms with Crippen LogP contribution < -0.4 is 5.32 Å². The molecule has 2 aliphatic heterocycles. The van der Waals surface area contributed by atoms with Crippen molar-refractivity contribution >= 4 is 40.8 Å². The molecule has 0 radical (unpaired) electrons. The number of rotatable bonds is 2. The van der Waals surface area contributed by atoms with E-state index in [0.29, 0.717) is 17.8 Å². The van der Waals surface area contributed by atoms with Gasteiger partial charge in [-0.15, -0.1) is 11.8 Å². The van der Waals surface area contributed by atoms with Gasteiger partial charge in [-0.25, -0.2) is 14.6 Å². The third-order valence-corrected chi connectivity index (χ3v) is 5.79. The van der Waals surface area contributed by atoms with E-state index in [4.69, 9.17) is 9.47 Å². The lowest BCUT2D eigenvalue weighted by Gasteiger charge is -2.30. The van der Waals surface area contributed by atoms with Crippen molar-refractivity contribution in [3.8, 4) is 5.75 Å². The van der Waals surface area contributed by atoms with Crippen molar-refractivity contribution in [1.82, 2.24) is 0 Å². The van der Waals surface area contributed by atoms with E-state index in [1.54, 1.807) is 6.92 Å². The van der Waals surface area contributed by atoms with Gasteiger partial charge in [-0.3, -0.25) is 0 Å². The molecule has 0 saturated heterocycles. The van der Waals surface area contributed by atoms with Gasteiger partial charge in [-0.05, 0) is 26.3 Å². The van der Waals surface area contributed by atoms with Gasteiger partial charge in [0.25, 0.3) is 0 Å². The Hall–Kier alpha value is -2.22. The van der Waals surface area contributed by atoms with E-state index in [9.17, 15) is 14.7 Å². The second-order valence-corrected chi connectivity index (χ2v) is 8.42. The van der Waals surface area contributed by atoms with Crippen molar-refractivity contribution in [3.63, 3.8) is 0 Å². The molecule has 0 aliphatic carbocycles. The predicted molar refractivity (Wildman–Crippen MR) is 94.9 cm³/mol. The third kappa shape index (κ3) is 2.64. The molecule has 0 spiro atoms. The number of anilines is 1. The van der Waals surface area contributed by atoms with Gasteiger partial charge in [0, 0.05) is 23.1 Å². The summed E-state index contributed by atoms with van der Waals surface area (Å²) in [7, 11) is 2.64. The Morgan fingerprint density at radius 2 is 1.96 bits per heavy atom. The summed E-state index contributed by atoms with van der Waals surface area (Å²) in [6, 6.07) is 1.53. The van der Waals surface area contributed by atoms with Crippen LogP contribution in [0.1, 0.15) is 26.3 Å². The van der Waals surface area contributed by atoms with Crippen molar-refractivity contribution in [2.45, 2.75) is 42.4 Å². The summed E-state index contributed by atoms with van der Waals surface area (Å²) in [5.41, 5.74) is 1.22. The first-order valence-corrected chi connectivity index (χ1v) is 8.56. The van der Waals surface area contributed by atoms with Crippen LogP contribution >= 0.6 is 11.8 Å². The highest BCUT2D eigenvalue weighted by Gasteiger charge is 2.45. The molecule has 3 rings (SSSR count). The molecule has 2 N–H and O–H groups in total. The summed E-state index contributed by atoms with van der Waals surface area (Å²) < 4.78 is 9.07. The number of ether oxygens (including phenoxy) is 2. The van der Waals surface area contributed by atoms with Gasteiger partial charge in [0.1, 0.15) is 22.7 Å². The van der Waals surface area contributed by atoms with Gasteiger partial charge in [-0.2, -0.15) is 0 Å². The Kier molecular flexibility index (Phi) is 3.98. The summed E-state index contributed by atoms with van der Waals surface area (Å²) in [4.78, 5) is 29.3. The number of fused-ring (bicyclic) bond motifs is 3. The van der Waals surface area contributed by atoms with E-state index in [1.165, 1.54) is 32.0 Å². The standard InChI is InChI=1S/C17H20N2O5S/c1-16(2)13(14(21)23-4)18-11-10(20)6-9-8(12(11)25-16)7-17(3,19-9)15(22)24-5/h6,19-20H,7H2,1-5H3. The Morgan fingerprint density at radius 1 is 1.28 bits per heavy atom. The number of carbonyl (C=O) groups excluding carboxylic acids is 2. The van der Waals surface area contributed by atoms with Gasteiger partial charge >= 0.3 is 11.9 Å². The lowest BCUT2D eigenvalue weighted by atomic mass is 9.97. The maximum Gasteiger partial charge on any atom is 0.353 e. The third-order valence-electron chi connectivity index (χ3n) is 4.44. The normalized spacial score (nSPS) is 23.0. The first kappa shape index (κ1) is 17.6. The van der Waals surface area contributed by atoms with Crippen molar-refractivity contribution in [2.24, 2.45) is 4.99 Å². The van der Waals surface area contributed by atoms with Gasteiger partial charge in [0.15, 0.2) is 0 Å². The number of aromatic hydroxyl groups is 1. The SMILES string of the molecule is COC(=O)C1=Nc2c(O)cc3c(c2SC1(C)C)CC(C)(C(=O)OC)N3. The Bertz CT molecular complexity index is 818. The van der Waals surface area contributed by atoms with Crippen molar-refractivity contribution in [2.75, 3.05) is 19.5 Å². The quantitative estimate of drug-likeness (QED) is 0.778. The van der Waals surface area contributed by atoms with E-state index in [1.807, 2.05) is 13.8 Å². The molecule has 2 aliphatic rings. The number of phenols is 1. The molecular formula is C17H20N2O5S. The first-order valence-electron chi connectivity index (χ1n) is 7.75. The number of benzene rings is 1. The molecule has 134 valence electrons. The fraction of sp³-hybridized carbons (Fsp3) is 0.471. The van der Waals surface area contributed by atoms with Crippen LogP contribution in [0.5, 0.6) is 5.75 Å². The molecule has 0 saturated carbocycles. The zero-order chi connectivity index (χ0) is 18.6. The van der Waals surface area contributed by atoms with Crippen LogP contribution in [0.3, 0.4) is 0 Å². The maximum absolute atomic E-state index is 12.1. The van der Waals surface area contributed by atoms with E-state index in [0.717, 1.165) is 10.5 Å². The number of methoxy groups -OCH3 is 2. The molecule has 25 heavy (non-hydrogen) atoms. The van der Waals surface area contributed by atoms with Gasteiger partial charge in [0.2, 0.25) is 0 Å². The van der Waals surface area contributed by atoms with E-state index in [2.05, 4.69) is 10.3 Å². The molecule has 0 bridgehead atoms. The molecule has 1 aromatic carbocycles. The van der Waals surface area contributed by atoms with Crippen LogP contribution in [0, 0.1) is 0 Å². The zero-order valence-corrected chi connectivity index (χ0v) is 15.5. The van der Waals surface area contributed by atoms with Crippen LogP contribution in [0.4, 0.5) is 11.4 Å². The number of phenolic OH excluding ortho intramolecular Hbond substituents is 1. The lowest BCUT2D eigenvalue weighted by molar-refractivity contribution is -0.145. The van der Waals surface area contributed by atoms with Crippen molar-refractivity contribution in [3.05, 3.63) is 11.6 Å². The molecule has 0 amide bonds. The fourth-order valence-corrected chi connectivity index (χ4v) is 4.45. The van der Waals surface area contributed by atoms with Crippen LogP contribution in [-0.4, -0.2) is 47.3 Å². The fourth-order valence-electron chi connectivity index (χ4n) is 3.16. The summed E-state index contributed by atoms with van der Waals surface area (Å²) in [6.07, 6.45) is 0.407.